The maximum Gasteiger partial charge on any atom is 0.223 e. The van der Waals surface area contributed by atoms with E-state index in [-0.39, 0.29) is 5.91 Å². The Morgan fingerprint density at radius 1 is 1.47 bits per heavy atom. The molecule has 4 nitrogen and oxygen atoms in total. The Kier molecular flexibility index (Phi) is 4.53. The second-order valence-corrected chi connectivity index (χ2v) is 4.07. The van der Waals surface area contributed by atoms with E-state index in [1.165, 1.54) is 0 Å². The third-order valence-electron chi connectivity index (χ3n) is 2.54. The summed E-state index contributed by atoms with van der Waals surface area (Å²) in [5.74, 6) is 0.0728. The van der Waals surface area contributed by atoms with Crippen LogP contribution >= 0.6 is 0 Å². The van der Waals surface area contributed by atoms with Crippen molar-refractivity contribution in [1.82, 2.24) is 4.90 Å². The molecule has 90 valence electrons. The van der Waals surface area contributed by atoms with E-state index < -0.39 is 0 Å². The molecule has 4 heteroatoms. The van der Waals surface area contributed by atoms with Crippen molar-refractivity contribution in [3.8, 4) is 6.07 Å². The minimum absolute atomic E-state index is 0.0728. The number of benzene rings is 1. The lowest BCUT2D eigenvalue weighted by Crippen LogP contribution is -2.24. The average Bonchev–Trinajstić information content (AvgIpc) is 2.29. The molecule has 0 radical (unpaired) electrons. The highest BCUT2D eigenvalue weighted by Crippen LogP contribution is 2.18. The molecule has 1 aromatic carbocycles. The van der Waals surface area contributed by atoms with Crippen LogP contribution < -0.4 is 5.32 Å². The highest BCUT2D eigenvalue weighted by molar-refractivity contribution is 5.76. The van der Waals surface area contributed by atoms with Crippen molar-refractivity contribution in [2.45, 2.75) is 13.3 Å². The third kappa shape index (κ3) is 3.49. The zero-order chi connectivity index (χ0) is 12.8. The number of hydrogen-bond donors (Lipinski definition) is 1. The molecule has 17 heavy (non-hydrogen) atoms. The van der Waals surface area contributed by atoms with Gasteiger partial charge in [0.25, 0.3) is 0 Å². The van der Waals surface area contributed by atoms with Crippen LogP contribution in [0.2, 0.25) is 0 Å². The highest BCUT2D eigenvalue weighted by atomic mass is 16.2. The molecular formula is C13H17N3O. The first-order valence-corrected chi connectivity index (χ1v) is 5.50. The topological polar surface area (TPSA) is 56.1 Å². The number of amides is 1. The molecule has 0 unspecified atom stereocenters. The van der Waals surface area contributed by atoms with E-state index in [1.807, 2.05) is 25.1 Å². The Bertz CT molecular complexity index is 446. The molecule has 1 N–H and O–H groups in total. The lowest BCUT2D eigenvalue weighted by Gasteiger charge is -2.12. The quantitative estimate of drug-likeness (QED) is 0.859. The molecule has 0 bridgehead atoms. The fourth-order valence-corrected chi connectivity index (χ4v) is 1.49. The molecular weight excluding hydrogens is 214 g/mol. The van der Waals surface area contributed by atoms with E-state index in [0.29, 0.717) is 18.5 Å². The number of carbonyl (C=O) groups excluding carboxylic acids is 1. The summed E-state index contributed by atoms with van der Waals surface area (Å²) in [6.07, 6.45) is 0.422. The third-order valence-corrected chi connectivity index (χ3v) is 2.54. The molecule has 0 saturated heterocycles. The Labute approximate surface area is 102 Å². The standard InChI is InChI=1S/C13H17N3O/c1-10-5-4-6-12(11(10)9-14)15-8-7-13(17)16(2)3/h4-6,15H,7-8H2,1-3H3. The van der Waals surface area contributed by atoms with Gasteiger partial charge in [-0.25, -0.2) is 0 Å². The number of rotatable bonds is 4. The average molecular weight is 231 g/mol. The second-order valence-electron chi connectivity index (χ2n) is 4.07. The molecule has 0 atom stereocenters. The monoisotopic (exact) mass is 231 g/mol. The number of hydrogen-bond acceptors (Lipinski definition) is 3. The molecule has 0 aliphatic heterocycles. The number of aryl methyl sites for hydroxylation is 1. The van der Waals surface area contributed by atoms with Gasteiger partial charge < -0.3 is 10.2 Å². The van der Waals surface area contributed by atoms with Gasteiger partial charge >= 0.3 is 0 Å². The summed E-state index contributed by atoms with van der Waals surface area (Å²) in [7, 11) is 3.46. The highest BCUT2D eigenvalue weighted by Gasteiger charge is 2.06. The molecule has 1 rings (SSSR count). The summed E-state index contributed by atoms with van der Waals surface area (Å²) in [6, 6.07) is 7.81. The van der Waals surface area contributed by atoms with E-state index in [0.717, 1.165) is 11.3 Å². The van der Waals surface area contributed by atoms with Gasteiger partial charge in [-0.1, -0.05) is 12.1 Å². The number of nitrogens with one attached hydrogen (secondary N) is 1. The molecule has 0 heterocycles. The minimum atomic E-state index is 0.0728. The van der Waals surface area contributed by atoms with E-state index in [4.69, 9.17) is 5.26 Å². The summed E-state index contributed by atoms with van der Waals surface area (Å²) in [5, 5.41) is 12.2. The molecule has 0 aliphatic rings. The van der Waals surface area contributed by atoms with Crippen LogP contribution in [-0.2, 0) is 4.79 Å². The predicted molar refractivity (Wildman–Crippen MR) is 67.7 cm³/mol. The van der Waals surface area contributed by atoms with Crippen molar-refractivity contribution in [1.29, 1.82) is 5.26 Å². The molecule has 1 aromatic rings. The SMILES string of the molecule is Cc1cccc(NCCC(=O)N(C)C)c1C#N. The Morgan fingerprint density at radius 2 is 2.18 bits per heavy atom. The number of nitrogens with zero attached hydrogens (tertiary/aromatic N) is 2. The summed E-state index contributed by atoms with van der Waals surface area (Å²) in [4.78, 5) is 12.9. The van der Waals surface area contributed by atoms with E-state index in [9.17, 15) is 4.79 Å². The van der Waals surface area contributed by atoms with E-state index >= 15 is 0 Å². The van der Waals surface area contributed by atoms with Crippen molar-refractivity contribution in [2.24, 2.45) is 0 Å². The van der Waals surface area contributed by atoms with Gasteiger partial charge in [-0.15, -0.1) is 0 Å². The maximum absolute atomic E-state index is 11.4. The molecule has 0 spiro atoms. The molecule has 0 aromatic heterocycles. The van der Waals surface area contributed by atoms with Gasteiger partial charge in [-0.2, -0.15) is 5.26 Å². The van der Waals surface area contributed by atoms with E-state index in [2.05, 4.69) is 11.4 Å². The van der Waals surface area contributed by atoms with Crippen molar-refractivity contribution < 1.29 is 4.79 Å². The molecule has 1 amide bonds. The number of nitriles is 1. The van der Waals surface area contributed by atoms with Crippen molar-refractivity contribution in [3.63, 3.8) is 0 Å². The van der Waals surface area contributed by atoms with Crippen molar-refractivity contribution in [3.05, 3.63) is 29.3 Å². The van der Waals surface area contributed by atoms with Gasteiger partial charge in [0.1, 0.15) is 6.07 Å². The van der Waals surface area contributed by atoms with Crippen LogP contribution in [0.5, 0.6) is 0 Å². The van der Waals surface area contributed by atoms with Gasteiger partial charge in [-0.3, -0.25) is 4.79 Å². The first-order valence-electron chi connectivity index (χ1n) is 5.50. The largest absolute Gasteiger partial charge is 0.383 e. The van der Waals surface area contributed by atoms with Crippen LogP contribution in [-0.4, -0.2) is 31.4 Å². The first kappa shape index (κ1) is 13.0. The lowest BCUT2D eigenvalue weighted by molar-refractivity contribution is -0.128. The van der Waals surface area contributed by atoms with Gasteiger partial charge in [0.05, 0.1) is 11.3 Å². The maximum atomic E-state index is 11.4. The molecule has 0 saturated carbocycles. The van der Waals surface area contributed by atoms with Crippen LogP contribution in [0, 0.1) is 18.3 Å². The minimum Gasteiger partial charge on any atom is -0.383 e. The van der Waals surface area contributed by atoms with Crippen LogP contribution in [0.25, 0.3) is 0 Å². The zero-order valence-corrected chi connectivity index (χ0v) is 10.4. The van der Waals surface area contributed by atoms with Crippen molar-refractivity contribution in [2.75, 3.05) is 26.0 Å². The number of anilines is 1. The summed E-state index contributed by atoms with van der Waals surface area (Å²) in [6.45, 7) is 2.43. The first-order chi connectivity index (χ1) is 8.06. The lowest BCUT2D eigenvalue weighted by atomic mass is 10.1. The summed E-state index contributed by atoms with van der Waals surface area (Å²) >= 11 is 0. The predicted octanol–water partition coefficient (Wildman–Crippen LogP) is 1.76. The van der Waals surface area contributed by atoms with E-state index in [1.54, 1.807) is 19.0 Å². The summed E-state index contributed by atoms with van der Waals surface area (Å²) < 4.78 is 0. The zero-order valence-electron chi connectivity index (χ0n) is 10.4. The molecule has 0 aliphatic carbocycles. The van der Waals surface area contributed by atoms with Gasteiger partial charge in [0.2, 0.25) is 5.91 Å². The fourth-order valence-electron chi connectivity index (χ4n) is 1.49. The van der Waals surface area contributed by atoms with Crippen LogP contribution in [0.1, 0.15) is 17.5 Å². The second kappa shape index (κ2) is 5.90. The van der Waals surface area contributed by atoms with Gasteiger partial charge in [-0.05, 0) is 18.6 Å². The Hall–Kier alpha value is -2.02. The molecule has 0 fully saturated rings. The van der Waals surface area contributed by atoms with Crippen LogP contribution in [0.4, 0.5) is 5.69 Å². The van der Waals surface area contributed by atoms with Gasteiger partial charge in [0.15, 0.2) is 0 Å². The fraction of sp³-hybridized carbons (Fsp3) is 0.385. The smallest absolute Gasteiger partial charge is 0.223 e. The Morgan fingerprint density at radius 3 is 2.76 bits per heavy atom. The van der Waals surface area contributed by atoms with Gasteiger partial charge in [0, 0.05) is 27.1 Å². The number of carbonyl (C=O) groups is 1. The van der Waals surface area contributed by atoms with Crippen LogP contribution in [0.15, 0.2) is 18.2 Å². The Balaban J connectivity index is 2.62. The summed E-state index contributed by atoms with van der Waals surface area (Å²) in [5.41, 5.74) is 2.38. The normalized spacial score (nSPS) is 9.53. The van der Waals surface area contributed by atoms with Crippen LogP contribution in [0.3, 0.4) is 0 Å². The van der Waals surface area contributed by atoms with Crippen molar-refractivity contribution >= 4 is 11.6 Å².